The van der Waals surface area contributed by atoms with Crippen molar-refractivity contribution in [2.75, 3.05) is 33.0 Å². The second-order valence-electron chi connectivity index (χ2n) is 4.58. The van der Waals surface area contributed by atoms with Crippen LogP contribution in [0.25, 0.3) is 0 Å². The Bertz CT molecular complexity index is 201. The summed E-state index contributed by atoms with van der Waals surface area (Å²) in [7, 11) is 0. The first kappa shape index (κ1) is 30.2. The maximum Gasteiger partial charge on any atom is 0.0781 e. The van der Waals surface area contributed by atoms with Crippen LogP contribution in [-0.2, 0) is 9.47 Å². The fourth-order valence-corrected chi connectivity index (χ4v) is 0.704. The lowest BCUT2D eigenvalue weighted by molar-refractivity contribution is -0.0620. The van der Waals surface area contributed by atoms with Crippen molar-refractivity contribution in [1.82, 2.24) is 0 Å². The van der Waals surface area contributed by atoms with Crippen LogP contribution in [0, 0.1) is 0 Å². The van der Waals surface area contributed by atoms with Crippen molar-refractivity contribution in [3.63, 3.8) is 0 Å². The summed E-state index contributed by atoms with van der Waals surface area (Å²) in [4.78, 5) is 0. The van der Waals surface area contributed by atoms with E-state index in [-0.39, 0.29) is 32.0 Å². The molecule has 0 aliphatic carbocycles. The van der Waals surface area contributed by atoms with Crippen LogP contribution in [0.2, 0.25) is 0 Å². The van der Waals surface area contributed by atoms with Gasteiger partial charge in [-0.05, 0) is 34.6 Å². The van der Waals surface area contributed by atoms with E-state index in [4.69, 9.17) is 29.9 Å². The Morgan fingerprint density at radius 1 is 0.826 bits per heavy atom. The van der Waals surface area contributed by atoms with Gasteiger partial charge in [0, 0.05) is 0 Å². The van der Waals surface area contributed by atoms with Crippen molar-refractivity contribution in [3.05, 3.63) is 25.3 Å². The van der Waals surface area contributed by atoms with Crippen LogP contribution in [0.15, 0.2) is 25.3 Å². The molecule has 0 aliphatic rings. The molecule has 0 aromatic rings. The van der Waals surface area contributed by atoms with Crippen molar-refractivity contribution in [2.24, 2.45) is 0 Å². The fourth-order valence-electron chi connectivity index (χ4n) is 0.704. The predicted octanol–water partition coefficient (Wildman–Crippen LogP) is 1.53. The molecule has 0 aliphatic heterocycles. The minimum atomic E-state index is -0.447. The molecule has 0 aromatic carbocycles. The average Bonchev–Trinajstić information content (AvgIpc) is 2.52. The molecule has 142 valence electrons. The first-order valence-electron chi connectivity index (χ1n) is 7.68. The molecule has 0 saturated carbocycles. The number of aliphatic hydroxyl groups excluding tert-OH is 4. The van der Waals surface area contributed by atoms with Gasteiger partial charge in [-0.2, -0.15) is 0 Å². The first-order valence-corrected chi connectivity index (χ1v) is 7.68. The van der Waals surface area contributed by atoms with Crippen molar-refractivity contribution in [3.8, 4) is 0 Å². The van der Waals surface area contributed by atoms with Gasteiger partial charge in [-0.3, -0.25) is 0 Å². The number of rotatable bonds is 8. The summed E-state index contributed by atoms with van der Waals surface area (Å²) >= 11 is 0. The maximum atomic E-state index is 8.92. The highest BCUT2D eigenvalue weighted by molar-refractivity contribution is 4.53. The van der Waals surface area contributed by atoms with Gasteiger partial charge in [0.15, 0.2) is 0 Å². The molecular weight excluding hydrogens is 300 g/mol. The van der Waals surface area contributed by atoms with Crippen molar-refractivity contribution < 1.29 is 29.9 Å². The Hall–Kier alpha value is -0.760. The van der Waals surface area contributed by atoms with Gasteiger partial charge < -0.3 is 29.9 Å². The summed E-state index contributed by atoms with van der Waals surface area (Å²) in [5, 5.41) is 32.8. The normalized spacial score (nSPS) is 12.7. The molecule has 0 amide bonds. The van der Waals surface area contributed by atoms with Gasteiger partial charge >= 0.3 is 0 Å². The number of allylic oxidation sites excluding steroid dienone is 2. The number of hydrogen-bond acceptors (Lipinski definition) is 6. The Morgan fingerprint density at radius 2 is 1.17 bits per heavy atom. The van der Waals surface area contributed by atoms with Gasteiger partial charge in [0.25, 0.3) is 0 Å². The summed E-state index contributed by atoms with van der Waals surface area (Å²) in [6, 6.07) is 0. The number of ether oxygens (including phenoxy) is 2. The average molecular weight is 338 g/mol. The molecule has 0 aromatic heterocycles. The molecule has 0 heterocycles. The molecule has 0 rings (SSSR count). The van der Waals surface area contributed by atoms with Crippen LogP contribution in [0.1, 0.15) is 34.6 Å². The van der Waals surface area contributed by atoms with E-state index in [1.807, 2.05) is 20.8 Å². The van der Waals surface area contributed by atoms with Crippen LogP contribution in [-0.4, -0.2) is 71.8 Å². The summed E-state index contributed by atoms with van der Waals surface area (Å²) in [6.45, 7) is 16.4. The highest BCUT2D eigenvalue weighted by Crippen LogP contribution is 1.97. The minimum absolute atomic E-state index is 0.0170. The molecule has 3 unspecified atom stereocenters. The lowest BCUT2D eigenvalue weighted by Gasteiger charge is -2.16. The van der Waals surface area contributed by atoms with E-state index in [1.54, 1.807) is 26.0 Å². The minimum Gasteiger partial charge on any atom is -0.394 e. The molecule has 6 nitrogen and oxygen atoms in total. The van der Waals surface area contributed by atoms with Crippen LogP contribution in [0.5, 0.6) is 0 Å². The Morgan fingerprint density at radius 3 is 1.43 bits per heavy atom. The van der Waals surface area contributed by atoms with E-state index in [0.717, 1.165) is 0 Å². The van der Waals surface area contributed by atoms with Crippen LogP contribution in [0.3, 0.4) is 0 Å². The molecule has 23 heavy (non-hydrogen) atoms. The maximum absolute atomic E-state index is 8.92. The summed E-state index contributed by atoms with van der Waals surface area (Å²) in [6.07, 6.45) is 2.85. The fraction of sp³-hybridized carbons (Fsp3) is 0.765. The molecule has 0 radical (unpaired) electrons. The van der Waals surface area contributed by atoms with Gasteiger partial charge in [0.2, 0.25) is 0 Å². The highest BCUT2D eigenvalue weighted by Gasteiger charge is 2.06. The molecule has 4 N–H and O–H groups in total. The van der Waals surface area contributed by atoms with E-state index in [1.165, 1.54) is 0 Å². The largest absolute Gasteiger partial charge is 0.394 e. The third-order valence-corrected chi connectivity index (χ3v) is 1.59. The predicted molar refractivity (Wildman–Crippen MR) is 95.5 cm³/mol. The number of hydrogen-bond donors (Lipinski definition) is 4. The van der Waals surface area contributed by atoms with E-state index >= 15 is 0 Å². The SMILES string of the molecule is C=CC.C=CC.CC(O)COC(C)COC(C)CO.OCCO. The molecule has 0 spiro atoms. The first-order chi connectivity index (χ1) is 10.8. The van der Waals surface area contributed by atoms with Gasteiger partial charge in [0.1, 0.15) is 0 Å². The lowest BCUT2D eigenvalue weighted by atomic mass is 10.4. The highest BCUT2D eigenvalue weighted by atomic mass is 16.5. The van der Waals surface area contributed by atoms with Crippen LogP contribution < -0.4 is 0 Å². The van der Waals surface area contributed by atoms with E-state index in [9.17, 15) is 0 Å². The zero-order chi connectivity index (χ0) is 19.1. The van der Waals surface area contributed by atoms with Gasteiger partial charge in [0.05, 0.1) is 51.3 Å². The molecule has 0 fully saturated rings. The van der Waals surface area contributed by atoms with E-state index in [0.29, 0.717) is 13.2 Å². The molecule has 6 heteroatoms. The van der Waals surface area contributed by atoms with Crippen LogP contribution in [0.4, 0.5) is 0 Å². The second-order valence-corrected chi connectivity index (χ2v) is 4.58. The third-order valence-electron chi connectivity index (χ3n) is 1.59. The topological polar surface area (TPSA) is 99.4 Å². The summed E-state index contributed by atoms with van der Waals surface area (Å²) in [5.41, 5.74) is 0. The van der Waals surface area contributed by atoms with Gasteiger partial charge in [-0.15, -0.1) is 13.2 Å². The monoisotopic (exact) mass is 338 g/mol. The number of aliphatic hydroxyl groups is 4. The Labute approximate surface area is 142 Å². The van der Waals surface area contributed by atoms with E-state index < -0.39 is 6.10 Å². The van der Waals surface area contributed by atoms with Crippen molar-refractivity contribution in [2.45, 2.75) is 52.9 Å². The smallest absolute Gasteiger partial charge is 0.0781 e. The van der Waals surface area contributed by atoms with Gasteiger partial charge in [-0.1, -0.05) is 12.2 Å². The zero-order valence-electron chi connectivity index (χ0n) is 15.4. The van der Waals surface area contributed by atoms with E-state index in [2.05, 4.69) is 13.2 Å². The molecule has 0 bridgehead atoms. The van der Waals surface area contributed by atoms with Crippen LogP contribution >= 0.6 is 0 Å². The van der Waals surface area contributed by atoms with Crippen molar-refractivity contribution >= 4 is 0 Å². The Kier molecular flexibility index (Phi) is 38.4. The third kappa shape index (κ3) is 52.5. The molecular formula is C17H38O6. The summed E-state index contributed by atoms with van der Waals surface area (Å²) in [5.74, 6) is 0. The van der Waals surface area contributed by atoms with Crippen molar-refractivity contribution in [1.29, 1.82) is 0 Å². The second kappa shape index (κ2) is 29.3. The standard InChI is InChI=1S/C9H20O4.2C3H6.C2H6O2/c1-7(11)5-12-9(3)6-13-8(2)4-10;2*1-3-2;3-1-2-4/h7-11H,4-6H2,1-3H3;2*3H,1H2,2H3;3-4H,1-2H2. The molecule has 0 saturated heterocycles. The lowest BCUT2D eigenvalue weighted by Crippen LogP contribution is -2.24. The zero-order valence-corrected chi connectivity index (χ0v) is 15.4. The quantitative estimate of drug-likeness (QED) is 0.501. The van der Waals surface area contributed by atoms with Gasteiger partial charge in [-0.25, -0.2) is 0 Å². The molecule has 3 atom stereocenters. The Balaban J connectivity index is -0.000000148. The summed E-state index contributed by atoms with van der Waals surface area (Å²) < 4.78 is 10.5.